The molecule has 0 aromatic heterocycles. The lowest BCUT2D eigenvalue weighted by Crippen LogP contribution is -2.43. The van der Waals surface area contributed by atoms with Crippen molar-refractivity contribution < 1.29 is 40.2 Å². The van der Waals surface area contributed by atoms with Gasteiger partial charge in [0.15, 0.2) is 10.1 Å². The number of esters is 1. The van der Waals surface area contributed by atoms with Gasteiger partial charge in [-0.3, -0.25) is 0 Å². The van der Waals surface area contributed by atoms with Crippen molar-refractivity contribution in [2.24, 2.45) is 0 Å². The van der Waals surface area contributed by atoms with Gasteiger partial charge in [-0.05, 0) is 6.92 Å². The number of nitrogens with zero attached hydrogens (tertiary/aromatic N) is 1. The molecule has 0 aliphatic heterocycles. The molecule has 10 heteroatoms. The predicted molar refractivity (Wildman–Crippen MR) is 117 cm³/mol. The summed E-state index contributed by atoms with van der Waals surface area (Å²) in [5.74, 6) is -0.305. The van der Waals surface area contributed by atoms with Crippen LogP contribution in [-0.4, -0.2) is 49.1 Å². The molecular weight excluding hydrogens is 459 g/mol. The normalized spacial score (nSPS) is 11.8. The lowest BCUT2D eigenvalue weighted by molar-refractivity contribution is -0.935. The maximum Gasteiger partial charge on any atom is 0.485 e. The van der Waals surface area contributed by atoms with Crippen molar-refractivity contribution in [2.45, 2.75) is 31.9 Å². The topological polar surface area (TPSA) is 83.5 Å². The summed E-state index contributed by atoms with van der Waals surface area (Å²) >= 11 is 0. The van der Waals surface area contributed by atoms with Crippen LogP contribution in [0.3, 0.4) is 0 Å². The van der Waals surface area contributed by atoms with Crippen molar-refractivity contribution in [1.82, 2.24) is 0 Å². The predicted octanol–water partition coefficient (Wildman–Crippen LogP) is 4.39. The molecule has 6 nitrogen and oxygen atoms in total. The summed E-state index contributed by atoms with van der Waals surface area (Å²) in [4.78, 5) is 11.5. The van der Waals surface area contributed by atoms with Gasteiger partial charge in [0.1, 0.15) is 13.1 Å². The maximum atomic E-state index is 11.5. The monoisotopic (exact) mass is 487 g/mol. The summed E-state index contributed by atoms with van der Waals surface area (Å²) in [7, 11) is -3.83. The first-order valence-corrected chi connectivity index (χ1v) is 11.4. The summed E-state index contributed by atoms with van der Waals surface area (Å²) in [6.45, 7) is 8.56. The Labute approximate surface area is 192 Å². The smallest absolute Gasteiger partial charge is 0.485 e. The Morgan fingerprint density at radius 3 is 1.73 bits per heavy atom. The molecule has 0 fully saturated rings. The van der Waals surface area contributed by atoms with Crippen LogP contribution in [0.1, 0.15) is 24.5 Å². The Hall–Kier alpha value is -2.69. The second kappa shape index (κ2) is 12.5. The minimum atomic E-state index is -6.09. The Kier molecular flexibility index (Phi) is 10.8. The van der Waals surface area contributed by atoms with Gasteiger partial charge in [-0.15, -0.1) is 0 Å². The second-order valence-corrected chi connectivity index (χ2v) is 9.17. The van der Waals surface area contributed by atoms with Crippen LogP contribution in [0.25, 0.3) is 0 Å². The number of benzene rings is 2. The van der Waals surface area contributed by atoms with E-state index in [0.717, 1.165) is 30.5 Å². The van der Waals surface area contributed by atoms with Crippen molar-refractivity contribution in [3.8, 4) is 0 Å². The quantitative estimate of drug-likeness (QED) is 0.131. The highest BCUT2D eigenvalue weighted by Crippen LogP contribution is 2.20. The van der Waals surface area contributed by atoms with Crippen molar-refractivity contribution in [2.75, 3.05) is 20.2 Å². The van der Waals surface area contributed by atoms with E-state index < -0.39 is 15.6 Å². The van der Waals surface area contributed by atoms with E-state index in [1.807, 2.05) is 12.1 Å². The summed E-state index contributed by atoms with van der Waals surface area (Å²) in [5.41, 5.74) is -2.56. The van der Waals surface area contributed by atoms with Gasteiger partial charge in [0, 0.05) is 23.1 Å². The van der Waals surface area contributed by atoms with Gasteiger partial charge < -0.3 is 13.8 Å². The summed E-state index contributed by atoms with van der Waals surface area (Å²) in [5, 5.41) is 0. The molecule has 0 unspecified atom stereocenters. The Balaban J connectivity index is 0.000000582. The number of hydrogen-bond donors (Lipinski definition) is 0. The minimum Gasteiger partial charge on any atom is -0.741 e. The molecule has 2 rings (SSSR count). The molecule has 2 aromatic rings. The standard InChI is InChI=1S/C22H28NO2.CHF3O3S/c1-19(2)22(24)25-16-10-15-23(3,17-20-11-6-4-7-12-20)18-21-13-8-5-9-14-21;2-1(3,4)8(5,6)7/h4-9,11-14H,1,10,15-18H2,2-3H3;(H,5,6,7)/q+1;/p-1. The number of carbonyl (C=O) groups excluding carboxylic acids is 1. The fraction of sp³-hybridized carbons (Fsp3) is 0.348. The van der Waals surface area contributed by atoms with Gasteiger partial charge in [0.2, 0.25) is 0 Å². The van der Waals surface area contributed by atoms with Gasteiger partial charge in [0.25, 0.3) is 0 Å². The molecule has 0 heterocycles. The number of halogens is 3. The Morgan fingerprint density at radius 2 is 1.39 bits per heavy atom. The Bertz CT molecular complexity index is 952. The largest absolute Gasteiger partial charge is 0.741 e. The zero-order valence-corrected chi connectivity index (χ0v) is 19.4. The number of quaternary nitrogens is 1. The molecule has 0 saturated carbocycles. The highest BCUT2D eigenvalue weighted by atomic mass is 32.2. The molecule has 0 aliphatic rings. The third-order valence-electron chi connectivity index (χ3n) is 4.52. The number of rotatable bonds is 9. The zero-order chi connectivity index (χ0) is 25.1. The van der Waals surface area contributed by atoms with E-state index in [9.17, 15) is 18.0 Å². The second-order valence-electron chi connectivity index (χ2n) is 7.80. The lowest BCUT2D eigenvalue weighted by atomic mass is 10.1. The summed E-state index contributed by atoms with van der Waals surface area (Å²) in [6.07, 6.45) is 0.829. The highest BCUT2D eigenvalue weighted by Gasteiger charge is 2.36. The average molecular weight is 488 g/mol. The van der Waals surface area contributed by atoms with Crippen LogP contribution in [0.15, 0.2) is 72.8 Å². The number of alkyl halides is 3. The van der Waals surface area contributed by atoms with Gasteiger partial charge in [0.05, 0.1) is 20.2 Å². The van der Waals surface area contributed by atoms with Crippen molar-refractivity contribution in [1.29, 1.82) is 0 Å². The first kappa shape index (κ1) is 28.3. The third kappa shape index (κ3) is 11.1. The van der Waals surface area contributed by atoms with Crippen LogP contribution in [0.5, 0.6) is 0 Å². The van der Waals surface area contributed by atoms with Crippen LogP contribution in [-0.2, 0) is 32.7 Å². The van der Waals surface area contributed by atoms with E-state index in [2.05, 4.69) is 62.2 Å². The van der Waals surface area contributed by atoms with Crippen molar-refractivity contribution >= 4 is 16.1 Å². The maximum absolute atomic E-state index is 11.5. The molecule has 0 bridgehead atoms. The molecular formula is C23H28F3NO5S. The van der Waals surface area contributed by atoms with Gasteiger partial charge in [-0.25, -0.2) is 13.2 Å². The van der Waals surface area contributed by atoms with Crippen LogP contribution >= 0.6 is 0 Å². The fourth-order valence-corrected chi connectivity index (χ4v) is 3.00. The van der Waals surface area contributed by atoms with Crippen LogP contribution in [0, 0.1) is 0 Å². The van der Waals surface area contributed by atoms with E-state index in [4.69, 9.17) is 17.7 Å². The SMILES string of the molecule is C=C(C)C(=O)OCCC[N+](C)(Cc1ccccc1)Cc1ccccc1.O=S(=O)([O-])C(F)(F)F. The molecule has 0 saturated heterocycles. The first-order valence-electron chi connectivity index (χ1n) is 10.00. The number of ether oxygens (including phenoxy) is 1. The molecule has 33 heavy (non-hydrogen) atoms. The molecule has 182 valence electrons. The van der Waals surface area contributed by atoms with Crippen LogP contribution < -0.4 is 0 Å². The van der Waals surface area contributed by atoms with Crippen LogP contribution in [0.2, 0.25) is 0 Å². The number of hydrogen-bond acceptors (Lipinski definition) is 5. The number of carbonyl (C=O) groups is 1. The molecule has 0 atom stereocenters. The average Bonchev–Trinajstić information content (AvgIpc) is 2.71. The minimum absolute atomic E-state index is 0.305. The van der Waals surface area contributed by atoms with E-state index >= 15 is 0 Å². The molecule has 0 aliphatic carbocycles. The lowest BCUT2D eigenvalue weighted by Gasteiger charge is -2.35. The Morgan fingerprint density at radius 1 is 1.00 bits per heavy atom. The fourth-order valence-electron chi connectivity index (χ4n) is 3.00. The molecule has 0 amide bonds. The van der Waals surface area contributed by atoms with Gasteiger partial charge >= 0.3 is 11.5 Å². The van der Waals surface area contributed by atoms with Crippen LogP contribution in [0.4, 0.5) is 13.2 Å². The van der Waals surface area contributed by atoms with Crippen molar-refractivity contribution in [3.05, 3.63) is 83.9 Å². The van der Waals surface area contributed by atoms with E-state index in [0.29, 0.717) is 12.2 Å². The molecule has 0 N–H and O–H groups in total. The molecule has 2 aromatic carbocycles. The van der Waals surface area contributed by atoms with Crippen molar-refractivity contribution in [3.63, 3.8) is 0 Å². The first-order chi connectivity index (χ1) is 15.2. The van der Waals surface area contributed by atoms with Gasteiger partial charge in [-0.2, -0.15) is 13.2 Å². The van der Waals surface area contributed by atoms with E-state index in [-0.39, 0.29) is 5.97 Å². The van der Waals surface area contributed by atoms with E-state index in [1.165, 1.54) is 11.1 Å². The zero-order valence-electron chi connectivity index (χ0n) is 18.5. The third-order valence-corrected chi connectivity index (χ3v) is 5.09. The van der Waals surface area contributed by atoms with E-state index in [1.54, 1.807) is 6.92 Å². The molecule has 0 radical (unpaired) electrons. The van der Waals surface area contributed by atoms with Gasteiger partial charge in [-0.1, -0.05) is 67.2 Å². The highest BCUT2D eigenvalue weighted by molar-refractivity contribution is 7.86. The molecule has 0 spiro atoms. The summed E-state index contributed by atoms with van der Waals surface area (Å²) < 4.78 is 65.0. The summed E-state index contributed by atoms with van der Waals surface area (Å²) in [6, 6.07) is 21.1.